The van der Waals surface area contributed by atoms with Crippen LogP contribution in [0.25, 0.3) is 0 Å². The summed E-state index contributed by atoms with van der Waals surface area (Å²) >= 11 is 0. The van der Waals surface area contributed by atoms with Gasteiger partial charge in [-0.2, -0.15) is 8.61 Å². The molecule has 8 nitrogen and oxygen atoms in total. The Hall–Kier alpha value is -2.27. The van der Waals surface area contributed by atoms with Gasteiger partial charge >= 0.3 is 0 Å². The number of aryl methyl sites for hydroxylation is 1. The lowest BCUT2D eigenvalue weighted by Crippen LogP contribution is -2.43. The number of nitrogens with one attached hydrogen (secondary N) is 1. The maximum atomic E-state index is 13.1. The third-order valence-corrected chi connectivity index (χ3v) is 10.0. The van der Waals surface area contributed by atoms with E-state index in [9.17, 15) is 21.6 Å². The van der Waals surface area contributed by atoms with Crippen molar-refractivity contribution in [1.82, 2.24) is 8.61 Å². The number of anilines is 1. The van der Waals surface area contributed by atoms with Crippen molar-refractivity contribution in [2.75, 3.05) is 25.0 Å². The molecule has 0 unspecified atom stereocenters. The molecule has 33 heavy (non-hydrogen) atoms. The molecule has 2 fully saturated rings. The molecule has 2 saturated heterocycles. The molecular formula is C23H29N3O5S2. The molecule has 0 aliphatic carbocycles. The summed E-state index contributed by atoms with van der Waals surface area (Å²) in [7, 11) is -7.34. The Morgan fingerprint density at radius 3 is 2.00 bits per heavy atom. The van der Waals surface area contributed by atoms with Crippen molar-refractivity contribution >= 4 is 31.6 Å². The van der Waals surface area contributed by atoms with E-state index in [1.54, 1.807) is 36.4 Å². The number of hydrogen-bond donors (Lipinski definition) is 1. The normalized spacial score (nSPS) is 20.6. The maximum absolute atomic E-state index is 13.1. The number of rotatable bonds is 6. The van der Waals surface area contributed by atoms with Crippen molar-refractivity contribution in [3.63, 3.8) is 0 Å². The molecule has 2 aromatic carbocycles. The van der Waals surface area contributed by atoms with Gasteiger partial charge in [-0.1, -0.05) is 24.1 Å². The molecular weight excluding hydrogens is 462 g/mol. The van der Waals surface area contributed by atoms with Crippen LogP contribution in [0.3, 0.4) is 0 Å². The van der Waals surface area contributed by atoms with E-state index in [2.05, 4.69) is 5.32 Å². The molecule has 0 aromatic heterocycles. The third-order valence-electron chi connectivity index (χ3n) is 6.21. The minimum absolute atomic E-state index is 0.167. The zero-order chi connectivity index (χ0) is 23.6. The molecule has 4 rings (SSSR count). The van der Waals surface area contributed by atoms with Crippen LogP contribution in [0.1, 0.15) is 37.7 Å². The lowest BCUT2D eigenvalue weighted by molar-refractivity contribution is -0.119. The summed E-state index contributed by atoms with van der Waals surface area (Å²) in [6.45, 7) is 3.20. The van der Waals surface area contributed by atoms with Crippen LogP contribution in [0.15, 0.2) is 58.3 Å². The Morgan fingerprint density at radius 1 is 0.788 bits per heavy atom. The minimum atomic E-state index is -3.79. The fourth-order valence-corrected chi connectivity index (χ4v) is 7.50. The lowest BCUT2D eigenvalue weighted by Gasteiger charge is -2.26. The molecule has 0 radical (unpaired) electrons. The zero-order valence-electron chi connectivity index (χ0n) is 18.6. The van der Waals surface area contributed by atoms with Crippen LogP contribution in [-0.4, -0.2) is 57.0 Å². The number of carbonyl (C=O) groups is 1. The molecule has 0 bridgehead atoms. The van der Waals surface area contributed by atoms with E-state index in [-0.39, 0.29) is 16.3 Å². The summed E-state index contributed by atoms with van der Waals surface area (Å²) in [5, 5.41) is 2.75. The Kier molecular flexibility index (Phi) is 6.90. The second-order valence-electron chi connectivity index (χ2n) is 8.57. The van der Waals surface area contributed by atoms with Gasteiger partial charge in [0.25, 0.3) is 0 Å². The van der Waals surface area contributed by atoms with E-state index in [1.165, 1.54) is 20.7 Å². The van der Waals surface area contributed by atoms with Crippen molar-refractivity contribution in [2.24, 2.45) is 0 Å². The highest BCUT2D eigenvalue weighted by Crippen LogP contribution is 2.28. The monoisotopic (exact) mass is 491 g/mol. The van der Waals surface area contributed by atoms with Crippen molar-refractivity contribution in [1.29, 1.82) is 0 Å². The van der Waals surface area contributed by atoms with Gasteiger partial charge in [0.05, 0.1) is 9.79 Å². The molecule has 0 saturated carbocycles. The van der Waals surface area contributed by atoms with E-state index in [0.29, 0.717) is 31.6 Å². The highest BCUT2D eigenvalue weighted by molar-refractivity contribution is 7.89. The largest absolute Gasteiger partial charge is 0.325 e. The van der Waals surface area contributed by atoms with Crippen LogP contribution in [-0.2, 0) is 24.8 Å². The van der Waals surface area contributed by atoms with Crippen LogP contribution < -0.4 is 5.32 Å². The van der Waals surface area contributed by atoms with Gasteiger partial charge in [0.2, 0.25) is 26.0 Å². The van der Waals surface area contributed by atoms with Crippen LogP contribution in [0.2, 0.25) is 0 Å². The van der Waals surface area contributed by atoms with E-state index in [0.717, 1.165) is 24.8 Å². The number of hydrogen-bond acceptors (Lipinski definition) is 5. The second-order valence-corrected chi connectivity index (χ2v) is 12.4. The first-order valence-corrected chi connectivity index (χ1v) is 14.1. The molecule has 0 spiro atoms. The summed E-state index contributed by atoms with van der Waals surface area (Å²) in [6.07, 6.45) is 3.77. The molecule has 1 amide bonds. The number of nitrogens with zero attached hydrogens (tertiary/aromatic N) is 2. The molecule has 178 valence electrons. The second kappa shape index (κ2) is 9.54. The molecule has 1 N–H and O–H groups in total. The van der Waals surface area contributed by atoms with Crippen LogP contribution >= 0.6 is 0 Å². The average molecular weight is 492 g/mol. The highest BCUT2D eigenvalue weighted by atomic mass is 32.2. The molecule has 2 heterocycles. The van der Waals surface area contributed by atoms with Crippen LogP contribution in [0.5, 0.6) is 0 Å². The van der Waals surface area contributed by atoms with Crippen LogP contribution in [0.4, 0.5) is 5.69 Å². The fraction of sp³-hybridized carbons (Fsp3) is 0.435. The zero-order valence-corrected chi connectivity index (χ0v) is 20.2. The quantitative estimate of drug-likeness (QED) is 0.669. The number of piperidine rings is 1. The Bertz CT molecular complexity index is 1200. The lowest BCUT2D eigenvalue weighted by atomic mass is 10.2. The van der Waals surface area contributed by atoms with E-state index in [4.69, 9.17) is 0 Å². The van der Waals surface area contributed by atoms with E-state index >= 15 is 0 Å². The van der Waals surface area contributed by atoms with Crippen LogP contribution in [0, 0.1) is 6.92 Å². The minimum Gasteiger partial charge on any atom is -0.325 e. The first-order valence-electron chi connectivity index (χ1n) is 11.2. The summed E-state index contributed by atoms with van der Waals surface area (Å²) in [5.74, 6) is -0.421. The Balaban J connectivity index is 1.47. The Morgan fingerprint density at radius 2 is 1.36 bits per heavy atom. The number of benzene rings is 2. The smallest absolute Gasteiger partial charge is 0.243 e. The third kappa shape index (κ3) is 4.98. The predicted octanol–water partition coefficient (Wildman–Crippen LogP) is 2.96. The summed E-state index contributed by atoms with van der Waals surface area (Å²) in [4.78, 5) is 13.3. The summed E-state index contributed by atoms with van der Waals surface area (Å²) in [6, 6.07) is 11.8. The van der Waals surface area contributed by atoms with Gasteiger partial charge in [0.15, 0.2) is 0 Å². The maximum Gasteiger partial charge on any atom is 0.243 e. The number of sulfonamides is 2. The molecule has 1 atom stereocenters. The summed E-state index contributed by atoms with van der Waals surface area (Å²) < 4.78 is 54.5. The van der Waals surface area contributed by atoms with Gasteiger partial charge in [-0.3, -0.25) is 4.79 Å². The topological polar surface area (TPSA) is 104 Å². The Labute approximate surface area is 195 Å². The highest BCUT2D eigenvalue weighted by Gasteiger charge is 2.39. The van der Waals surface area contributed by atoms with E-state index in [1.807, 2.05) is 6.92 Å². The van der Waals surface area contributed by atoms with Crippen molar-refractivity contribution in [2.45, 2.75) is 54.9 Å². The van der Waals surface area contributed by atoms with Gasteiger partial charge in [-0.15, -0.1) is 0 Å². The number of amides is 1. The predicted molar refractivity (Wildman–Crippen MR) is 126 cm³/mol. The molecule has 2 aromatic rings. The van der Waals surface area contributed by atoms with Gasteiger partial charge in [0, 0.05) is 25.3 Å². The molecule has 10 heteroatoms. The first kappa shape index (κ1) is 23.9. The summed E-state index contributed by atoms with van der Waals surface area (Å²) in [5.41, 5.74) is 1.38. The van der Waals surface area contributed by atoms with Gasteiger partial charge < -0.3 is 5.32 Å². The fourth-order valence-electron chi connectivity index (χ4n) is 4.33. The van der Waals surface area contributed by atoms with Crippen molar-refractivity contribution in [3.8, 4) is 0 Å². The van der Waals surface area contributed by atoms with Crippen molar-refractivity contribution in [3.05, 3.63) is 54.1 Å². The van der Waals surface area contributed by atoms with Crippen molar-refractivity contribution < 1.29 is 21.6 Å². The first-order chi connectivity index (χ1) is 15.7. The van der Waals surface area contributed by atoms with Gasteiger partial charge in [0.1, 0.15) is 6.04 Å². The SMILES string of the molecule is Cc1ccc(S(=O)(=O)N2CCC[C@H]2C(=O)Nc2ccc(S(=O)(=O)N3CCCCC3)cc2)cc1. The van der Waals surface area contributed by atoms with Gasteiger partial charge in [-0.25, -0.2) is 16.8 Å². The van der Waals surface area contributed by atoms with Gasteiger partial charge in [-0.05, 0) is 69.0 Å². The standard InChI is InChI=1S/C23H29N3O5S2/c1-18-7-11-21(12-8-18)33(30,31)26-17-5-6-22(26)23(27)24-19-9-13-20(14-10-19)32(28,29)25-15-3-2-4-16-25/h7-14,22H,2-6,15-17H2,1H3,(H,24,27)/t22-/m0/s1. The average Bonchev–Trinajstić information content (AvgIpc) is 3.32. The molecule has 2 aliphatic rings. The molecule has 2 aliphatic heterocycles. The van der Waals surface area contributed by atoms with E-state index < -0.39 is 32.0 Å². The number of carbonyl (C=O) groups excluding carboxylic acids is 1.